The van der Waals surface area contributed by atoms with E-state index in [4.69, 9.17) is 0 Å². The summed E-state index contributed by atoms with van der Waals surface area (Å²) < 4.78 is 0. The van der Waals surface area contributed by atoms with E-state index in [-0.39, 0.29) is 15.8 Å². The van der Waals surface area contributed by atoms with Gasteiger partial charge in [-0.1, -0.05) is 108 Å². The topological polar surface area (TPSA) is 6.48 Å². The first kappa shape index (κ1) is 24.3. The number of hydrogen-bond donors (Lipinski definition) is 0. The Morgan fingerprint density at radius 3 is 1.19 bits per heavy atom. The van der Waals surface area contributed by atoms with Crippen LogP contribution in [0.2, 0.25) is 0 Å². The van der Waals surface area contributed by atoms with Crippen molar-refractivity contribution in [2.45, 2.75) is 78.0 Å². The van der Waals surface area contributed by atoms with Crippen molar-refractivity contribution in [3.63, 3.8) is 0 Å². The molecule has 0 fully saturated rings. The third-order valence-corrected chi connectivity index (χ3v) is 12.0. The molecule has 0 spiro atoms. The summed E-state index contributed by atoms with van der Waals surface area (Å²) in [6.45, 7) is 22.5. The molecule has 3 rings (SSSR count). The molecule has 2 aromatic rings. The first-order valence-corrected chi connectivity index (χ1v) is 14.5. The van der Waals surface area contributed by atoms with Crippen LogP contribution < -0.4 is 20.4 Å². The van der Waals surface area contributed by atoms with Gasteiger partial charge in [0.15, 0.2) is 0 Å². The van der Waals surface area contributed by atoms with E-state index in [9.17, 15) is 0 Å². The van der Waals surface area contributed by atoms with Crippen LogP contribution in [0.15, 0.2) is 60.9 Å². The van der Waals surface area contributed by atoms with Gasteiger partial charge in [-0.3, -0.25) is 0 Å². The third kappa shape index (κ3) is 5.35. The van der Waals surface area contributed by atoms with Gasteiger partial charge < -0.3 is 9.80 Å². The average molecular weight is 453 g/mol. The number of nitrogens with zero attached hydrogens (tertiary/aromatic N) is 2. The zero-order chi connectivity index (χ0) is 22.7. The summed E-state index contributed by atoms with van der Waals surface area (Å²) in [6, 6.07) is 17.8. The number of benzene rings is 2. The lowest BCUT2D eigenvalue weighted by atomic mass is 10.3. The van der Waals surface area contributed by atoms with Crippen LogP contribution in [0, 0.1) is 6.67 Å². The quantitative estimate of drug-likeness (QED) is 0.387. The largest absolute Gasteiger partial charge is 0.314 e. The third-order valence-electron chi connectivity index (χ3n) is 5.64. The van der Waals surface area contributed by atoms with Gasteiger partial charge in [0.2, 0.25) is 6.67 Å². The minimum Gasteiger partial charge on any atom is -0.314 e. The summed E-state index contributed by atoms with van der Waals surface area (Å²) >= 11 is 0. The second kappa shape index (κ2) is 10.5. The highest BCUT2D eigenvalue weighted by molar-refractivity contribution is 7.67. The van der Waals surface area contributed by atoms with E-state index < -0.39 is 0 Å². The fourth-order valence-electron chi connectivity index (χ4n) is 4.66. The Labute approximate surface area is 193 Å². The lowest BCUT2D eigenvalue weighted by Gasteiger charge is -2.32. The fourth-order valence-corrected chi connectivity index (χ4v) is 10.7. The zero-order valence-electron chi connectivity index (χ0n) is 20.4. The van der Waals surface area contributed by atoms with Gasteiger partial charge in [-0.25, -0.2) is 0 Å². The van der Waals surface area contributed by atoms with Crippen molar-refractivity contribution in [3.05, 3.63) is 67.6 Å². The maximum Gasteiger partial charge on any atom is 0.217 e. The molecule has 0 aromatic heterocycles. The summed E-state index contributed by atoms with van der Waals surface area (Å²) in [5.74, 6) is 0. The summed E-state index contributed by atoms with van der Waals surface area (Å²) in [6.07, 6.45) is 4.33. The molecule has 1 aliphatic rings. The maximum absolute atomic E-state index is 3.65. The predicted octanol–water partition coefficient (Wildman–Crippen LogP) is 7.33. The number of rotatable bonds is 8. The van der Waals surface area contributed by atoms with Crippen LogP contribution in [0.1, 0.15) is 55.4 Å². The monoisotopic (exact) mass is 452 g/mol. The van der Waals surface area contributed by atoms with E-state index in [0.29, 0.717) is 22.6 Å². The van der Waals surface area contributed by atoms with Crippen LogP contribution >= 0.6 is 15.8 Å². The number of anilines is 2. The lowest BCUT2D eigenvalue weighted by molar-refractivity contribution is 1.02. The van der Waals surface area contributed by atoms with Crippen LogP contribution in [0.25, 0.3) is 0 Å². The molecule has 31 heavy (non-hydrogen) atoms. The molecule has 2 nitrogen and oxygen atoms in total. The van der Waals surface area contributed by atoms with Crippen LogP contribution in [0.4, 0.5) is 11.4 Å². The van der Waals surface area contributed by atoms with Gasteiger partial charge in [0.1, 0.15) is 0 Å². The van der Waals surface area contributed by atoms with Crippen molar-refractivity contribution in [1.29, 1.82) is 0 Å². The molecule has 0 saturated heterocycles. The Morgan fingerprint density at radius 2 is 0.871 bits per heavy atom. The smallest absolute Gasteiger partial charge is 0.217 e. The van der Waals surface area contributed by atoms with Crippen LogP contribution in [-0.2, 0) is 0 Å². The highest BCUT2D eigenvalue weighted by atomic mass is 31.1. The summed E-state index contributed by atoms with van der Waals surface area (Å²) in [7, 11) is -0.488. The van der Waals surface area contributed by atoms with E-state index in [1.54, 1.807) is 0 Å². The first-order chi connectivity index (χ1) is 14.7. The van der Waals surface area contributed by atoms with Gasteiger partial charge >= 0.3 is 0 Å². The Balaban J connectivity index is 1.93. The van der Waals surface area contributed by atoms with Crippen molar-refractivity contribution in [1.82, 2.24) is 0 Å². The molecule has 2 aromatic carbocycles. The molecule has 0 atom stereocenters. The Hall–Kier alpha value is -1.36. The molecule has 0 amide bonds. The highest BCUT2D eigenvalue weighted by Crippen LogP contribution is 2.49. The van der Waals surface area contributed by atoms with Crippen molar-refractivity contribution in [2.24, 2.45) is 0 Å². The van der Waals surface area contributed by atoms with E-state index in [0.717, 1.165) is 0 Å². The Morgan fingerprint density at radius 1 is 0.548 bits per heavy atom. The molecule has 0 aliphatic carbocycles. The summed E-state index contributed by atoms with van der Waals surface area (Å²) in [4.78, 5) is 4.39. The van der Waals surface area contributed by atoms with E-state index in [1.165, 1.54) is 22.0 Å². The number of hydrogen-bond acceptors (Lipinski definition) is 2. The molecular weight excluding hydrogens is 414 g/mol. The molecule has 0 N–H and O–H groups in total. The van der Waals surface area contributed by atoms with Gasteiger partial charge in [-0.05, 0) is 34.8 Å². The van der Waals surface area contributed by atoms with Gasteiger partial charge in [-0.15, -0.1) is 0 Å². The van der Waals surface area contributed by atoms with Crippen LogP contribution in [0.3, 0.4) is 0 Å². The van der Waals surface area contributed by atoms with Crippen LogP contribution in [0.5, 0.6) is 0 Å². The molecule has 0 unspecified atom stereocenters. The zero-order valence-corrected chi connectivity index (χ0v) is 22.2. The van der Waals surface area contributed by atoms with E-state index >= 15 is 0 Å². The van der Waals surface area contributed by atoms with Gasteiger partial charge in [0.05, 0.1) is 11.4 Å². The normalized spacial score (nSPS) is 14.5. The summed E-state index contributed by atoms with van der Waals surface area (Å²) in [5.41, 5.74) is 5.14. The highest BCUT2D eigenvalue weighted by Gasteiger charge is 2.29. The average Bonchev–Trinajstić information content (AvgIpc) is 3.17. The van der Waals surface area contributed by atoms with Crippen molar-refractivity contribution in [3.8, 4) is 0 Å². The van der Waals surface area contributed by atoms with Crippen LogP contribution in [-0.4, -0.2) is 22.6 Å². The second-order valence-corrected chi connectivity index (χ2v) is 16.0. The molecule has 1 heterocycles. The molecule has 166 valence electrons. The fraction of sp³-hybridized carbons (Fsp3) is 0.444. The van der Waals surface area contributed by atoms with Gasteiger partial charge in [0, 0.05) is 23.0 Å². The predicted molar refractivity (Wildman–Crippen MR) is 144 cm³/mol. The minimum atomic E-state index is -0.244. The first-order valence-electron chi connectivity index (χ1n) is 11.5. The number of para-hydroxylation sites is 2. The molecular formula is C27H38N2P2. The standard InChI is InChI=1S/C27H38N2P2/c1-20(2)30(21(3)4)26-15-11-9-13-24(26)28-17-18-29(19-28)25-14-10-12-16-27(25)31(22(5)6)23(7)8/h9-18,20-23H,1-8H3. The Bertz CT molecular complexity index is 801. The van der Waals surface area contributed by atoms with Crippen molar-refractivity contribution >= 4 is 37.8 Å². The van der Waals surface area contributed by atoms with Gasteiger partial charge in [-0.2, -0.15) is 0 Å². The minimum absolute atomic E-state index is 0.244. The van der Waals surface area contributed by atoms with E-state index in [1.807, 2.05) is 0 Å². The van der Waals surface area contributed by atoms with Crippen molar-refractivity contribution < 1.29 is 0 Å². The van der Waals surface area contributed by atoms with E-state index in [2.05, 4.69) is 133 Å². The molecule has 4 heteroatoms. The SMILES string of the molecule is CC(C)P(c1ccccc1N1[C]N(c2ccccc2P(C(C)C)C(C)C)C=C1)C(C)C. The second-order valence-electron chi connectivity index (χ2n) is 9.31. The van der Waals surface area contributed by atoms with Crippen molar-refractivity contribution in [2.75, 3.05) is 9.80 Å². The van der Waals surface area contributed by atoms with Gasteiger partial charge in [0.25, 0.3) is 0 Å². The summed E-state index contributed by atoms with van der Waals surface area (Å²) in [5, 5.41) is 2.95. The molecule has 1 aliphatic heterocycles. The molecule has 0 saturated carbocycles. The maximum atomic E-state index is 3.65. The lowest BCUT2D eigenvalue weighted by Crippen LogP contribution is -2.27. The molecule has 0 bridgehead atoms. The molecule has 2 radical (unpaired) electrons. The Kier molecular flexibility index (Phi) is 8.23.